The summed E-state index contributed by atoms with van der Waals surface area (Å²) in [7, 11) is 0. The van der Waals surface area contributed by atoms with Crippen LogP contribution in [-0.4, -0.2) is 18.5 Å². The number of carbonyl (C=O) groups excluding carboxylic acids is 2. The van der Waals surface area contributed by atoms with E-state index >= 15 is 0 Å². The topological polar surface area (TPSA) is 79.2 Å². The van der Waals surface area contributed by atoms with E-state index in [1.807, 2.05) is 42.5 Å². The molecule has 2 unspecified atom stereocenters. The maximum Gasteiger partial charge on any atom is 0.326 e. The van der Waals surface area contributed by atoms with Crippen LogP contribution in [-0.2, 0) is 20.7 Å². The molecular weight excluding hydrogens is 328 g/mol. The smallest absolute Gasteiger partial charge is 0.326 e. The molecule has 1 aliphatic carbocycles. The van der Waals surface area contributed by atoms with Gasteiger partial charge in [-0.3, -0.25) is 9.59 Å². The third-order valence-corrected chi connectivity index (χ3v) is 4.71. The number of fused-ring (bicyclic) bond motifs is 1. The number of nitrogens with one attached hydrogen (secondary N) is 1. The summed E-state index contributed by atoms with van der Waals surface area (Å²) in [5.41, 5.74) is 1.03. The van der Waals surface area contributed by atoms with E-state index in [2.05, 4.69) is 11.4 Å². The van der Waals surface area contributed by atoms with Gasteiger partial charge in [-0.2, -0.15) is 5.26 Å². The summed E-state index contributed by atoms with van der Waals surface area (Å²) < 4.78 is 5.14. The summed E-state index contributed by atoms with van der Waals surface area (Å²) in [6.45, 7) is 1.91. The number of rotatable bonds is 4. The average Bonchev–Trinajstić information content (AvgIpc) is 2.68. The number of anilines is 1. The van der Waals surface area contributed by atoms with Crippen LogP contribution in [0.25, 0.3) is 0 Å². The number of benzene rings is 2. The van der Waals surface area contributed by atoms with Gasteiger partial charge in [-0.1, -0.05) is 42.5 Å². The number of nitrogens with zero attached hydrogens (tertiary/aromatic N) is 1. The molecule has 2 atom stereocenters. The molecule has 0 aliphatic heterocycles. The minimum atomic E-state index is -1.34. The molecule has 0 spiro atoms. The molecule has 5 heteroatoms. The summed E-state index contributed by atoms with van der Waals surface area (Å²) in [6, 6.07) is 18.7. The molecule has 0 saturated carbocycles. The molecule has 26 heavy (non-hydrogen) atoms. The summed E-state index contributed by atoms with van der Waals surface area (Å²) in [5, 5.41) is 12.7. The molecule has 3 rings (SSSR count). The van der Waals surface area contributed by atoms with Gasteiger partial charge in [0.2, 0.25) is 5.91 Å². The molecule has 0 radical (unpaired) electrons. The largest absolute Gasteiger partial charge is 0.465 e. The van der Waals surface area contributed by atoms with Gasteiger partial charge in [-0.15, -0.1) is 0 Å². The van der Waals surface area contributed by atoms with E-state index in [1.54, 1.807) is 19.1 Å². The van der Waals surface area contributed by atoms with Crippen molar-refractivity contribution in [1.82, 2.24) is 0 Å². The minimum absolute atomic E-state index is 0.109. The van der Waals surface area contributed by atoms with Crippen molar-refractivity contribution in [3.63, 3.8) is 0 Å². The molecule has 0 bridgehead atoms. The van der Waals surface area contributed by atoms with Gasteiger partial charge in [-0.05, 0) is 36.6 Å². The Hall–Kier alpha value is -3.13. The van der Waals surface area contributed by atoms with E-state index in [4.69, 9.17) is 4.74 Å². The second kappa shape index (κ2) is 7.40. The SMILES string of the molecule is CCOC(=O)C1(C#N)Cc2ccccc2C(C(=O)Nc2ccccc2)C1. The molecule has 132 valence electrons. The molecule has 0 fully saturated rings. The fraction of sp³-hybridized carbons (Fsp3) is 0.286. The van der Waals surface area contributed by atoms with E-state index < -0.39 is 17.3 Å². The zero-order valence-corrected chi connectivity index (χ0v) is 14.6. The van der Waals surface area contributed by atoms with Crippen LogP contribution in [0.1, 0.15) is 30.4 Å². The van der Waals surface area contributed by atoms with Crippen molar-refractivity contribution in [2.45, 2.75) is 25.7 Å². The molecule has 0 heterocycles. The van der Waals surface area contributed by atoms with E-state index in [0.29, 0.717) is 5.69 Å². The first kappa shape index (κ1) is 17.7. The van der Waals surface area contributed by atoms with Gasteiger partial charge in [0.25, 0.3) is 0 Å². The van der Waals surface area contributed by atoms with Crippen molar-refractivity contribution < 1.29 is 14.3 Å². The number of ether oxygens (including phenoxy) is 1. The van der Waals surface area contributed by atoms with Gasteiger partial charge in [-0.25, -0.2) is 0 Å². The number of carbonyl (C=O) groups is 2. The molecule has 0 aromatic heterocycles. The molecule has 1 aliphatic rings. The fourth-order valence-electron chi connectivity index (χ4n) is 3.43. The number of hydrogen-bond donors (Lipinski definition) is 1. The predicted molar refractivity (Wildman–Crippen MR) is 97.3 cm³/mol. The monoisotopic (exact) mass is 348 g/mol. The average molecular weight is 348 g/mol. The van der Waals surface area contributed by atoms with Crippen LogP contribution >= 0.6 is 0 Å². The number of amides is 1. The van der Waals surface area contributed by atoms with Crippen LogP contribution in [0.2, 0.25) is 0 Å². The zero-order valence-electron chi connectivity index (χ0n) is 14.6. The highest BCUT2D eigenvalue weighted by molar-refractivity contribution is 5.97. The third-order valence-electron chi connectivity index (χ3n) is 4.71. The van der Waals surface area contributed by atoms with Gasteiger partial charge in [0, 0.05) is 12.1 Å². The van der Waals surface area contributed by atoms with Gasteiger partial charge < -0.3 is 10.1 Å². The molecule has 0 saturated heterocycles. The lowest BCUT2D eigenvalue weighted by Gasteiger charge is -2.34. The Labute approximate surface area is 152 Å². The number of hydrogen-bond acceptors (Lipinski definition) is 4. The van der Waals surface area contributed by atoms with Gasteiger partial charge in [0.05, 0.1) is 18.6 Å². The van der Waals surface area contributed by atoms with Crippen molar-refractivity contribution in [1.29, 1.82) is 5.26 Å². The second-order valence-corrected chi connectivity index (χ2v) is 6.40. The summed E-state index contributed by atoms with van der Waals surface area (Å²) >= 11 is 0. The second-order valence-electron chi connectivity index (χ2n) is 6.40. The van der Waals surface area contributed by atoms with Crippen LogP contribution in [0.4, 0.5) is 5.69 Å². The highest BCUT2D eigenvalue weighted by Gasteiger charge is 2.48. The van der Waals surface area contributed by atoms with Crippen LogP contribution < -0.4 is 5.32 Å². The van der Waals surface area contributed by atoms with E-state index in [0.717, 1.165) is 11.1 Å². The summed E-state index contributed by atoms with van der Waals surface area (Å²) in [4.78, 5) is 25.5. The van der Waals surface area contributed by atoms with E-state index in [-0.39, 0.29) is 25.4 Å². The molecule has 1 amide bonds. The normalized spacial score (nSPS) is 21.2. The standard InChI is InChI=1S/C21H20N2O3/c1-2-26-20(25)21(14-22)12-15-8-6-7-11-17(15)18(13-21)19(24)23-16-9-4-3-5-10-16/h3-11,18H,2,12-13H2,1H3,(H,23,24). The molecule has 5 nitrogen and oxygen atoms in total. The number of esters is 1. The van der Waals surface area contributed by atoms with Crippen LogP contribution in [0.3, 0.4) is 0 Å². The minimum Gasteiger partial charge on any atom is -0.465 e. The molecular formula is C21H20N2O3. The lowest BCUT2D eigenvalue weighted by molar-refractivity contribution is -0.153. The molecule has 1 N–H and O–H groups in total. The third kappa shape index (κ3) is 3.31. The Morgan fingerprint density at radius 1 is 1.19 bits per heavy atom. The maximum absolute atomic E-state index is 12.9. The lowest BCUT2D eigenvalue weighted by Crippen LogP contribution is -2.41. The molecule has 2 aromatic carbocycles. The van der Waals surface area contributed by atoms with Crippen molar-refractivity contribution >= 4 is 17.6 Å². The first-order valence-electron chi connectivity index (χ1n) is 8.62. The first-order chi connectivity index (χ1) is 12.6. The highest BCUT2D eigenvalue weighted by Crippen LogP contribution is 2.43. The maximum atomic E-state index is 12.9. The number of para-hydroxylation sites is 1. The number of nitriles is 1. The summed E-state index contributed by atoms with van der Waals surface area (Å²) in [5.74, 6) is -1.38. The van der Waals surface area contributed by atoms with Gasteiger partial charge >= 0.3 is 5.97 Å². The Bertz CT molecular complexity index is 857. The lowest BCUT2D eigenvalue weighted by atomic mass is 9.67. The van der Waals surface area contributed by atoms with Crippen LogP contribution in [0.15, 0.2) is 54.6 Å². The van der Waals surface area contributed by atoms with E-state index in [1.165, 1.54) is 0 Å². The van der Waals surface area contributed by atoms with Crippen molar-refractivity contribution in [3.05, 3.63) is 65.7 Å². The first-order valence-corrected chi connectivity index (χ1v) is 8.62. The predicted octanol–water partition coefficient (Wildman–Crippen LogP) is 3.43. The van der Waals surface area contributed by atoms with Gasteiger partial charge in [0.15, 0.2) is 5.41 Å². The Kier molecular flexibility index (Phi) is 5.04. The Morgan fingerprint density at radius 2 is 1.88 bits per heavy atom. The van der Waals surface area contributed by atoms with E-state index in [9.17, 15) is 14.9 Å². The van der Waals surface area contributed by atoms with Crippen LogP contribution in [0, 0.1) is 16.7 Å². The Morgan fingerprint density at radius 3 is 2.58 bits per heavy atom. The fourth-order valence-corrected chi connectivity index (χ4v) is 3.43. The van der Waals surface area contributed by atoms with Crippen molar-refractivity contribution in [2.75, 3.05) is 11.9 Å². The Balaban J connectivity index is 1.96. The summed E-state index contributed by atoms with van der Waals surface area (Å²) in [6.07, 6.45) is 0.367. The zero-order chi connectivity index (χ0) is 18.6. The van der Waals surface area contributed by atoms with Crippen molar-refractivity contribution in [2.24, 2.45) is 5.41 Å². The van der Waals surface area contributed by atoms with Crippen LogP contribution in [0.5, 0.6) is 0 Å². The van der Waals surface area contributed by atoms with Crippen molar-refractivity contribution in [3.8, 4) is 6.07 Å². The quantitative estimate of drug-likeness (QED) is 0.859. The molecule has 2 aromatic rings. The van der Waals surface area contributed by atoms with Gasteiger partial charge in [0.1, 0.15) is 0 Å². The highest BCUT2D eigenvalue weighted by atomic mass is 16.5.